The van der Waals surface area contributed by atoms with Crippen LogP contribution in [0.15, 0.2) is 34.7 Å². The van der Waals surface area contributed by atoms with Crippen LogP contribution in [0.1, 0.15) is 30.8 Å². The minimum atomic E-state index is -0.204. The topological polar surface area (TPSA) is 67.6 Å². The number of carbonyl (C=O) groups excluding carboxylic acids is 1. The summed E-state index contributed by atoms with van der Waals surface area (Å²) in [5, 5.41) is 4.71. The zero-order valence-corrected chi connectivity index (χ0v) is 15.5. The van der Waals surface area contributed by atoms with Crippen molar-refractivity contribution >= 4 is 27.9 Å². The Hall–Kier alpha value is -2.60. The average molecular weight is 355 g/mol. The standard InChI is InChI=1S/C20H25N3O3/c1-4-23(5-2)10-6-9-21-19(24)18-12-15-11-14-7-8-16(25-3)13-17(14)22-20(15)26-18/h7-8,11-13H,4-6,9-10H2,1-3H3,(H,21,24). The van der Waals surface area contributed by atoms with Gasteiger partial charge in [0.25, 0.3) is 5.91 Å². The third-order valence-corrected chi connectivity index (χ3v) is 4.57. The van der Waals surface area contributed by atoms with Crippen LogP contribution in [0, 0.1) is 0 Å². The van der Waals surface area contributed by atoms with Crippen LogP contribution in [-0.4, -0.2) is 49.1 Å². The maximum Gasteiger partial charge on any atom is 0.287 e. The molecule has 138 valence electrons. The lowest BCUT2D eigenvalue weighted by Gasteiger charge is -2.17. The molecule has 6 nitrogen and oxygen atoms in total. The number of aromatic nitrogens is 1. The summed E-state index contributed by atoms with van der Waals surface area (Å²) >= 11 is 0. The fraction of sp³-hybridized carbons (Fsp3) is 0.400. The van der Waals surface area contributed by atoms with Gasteiger partial charge in [-0.25, -0.2) is 4.98 Å². The first-order valence-electron chi connectivity index (χ1n) is 9.03. The SMILES string of the molecule is CCN(CC)CCCNC(=O)c1cc2cc3ccc(OC)cc3nc2o1. The summed E-state index contributed by atoms with van der Waals surface area (Å²) in [6.45, 7) is 7.93. The molecular weight excluding hydrogens is 330 g/mol. The monoisotopic (exact) mass is 355 g/mol. The number of ether oxygens (including phenoxy) is 1. The Bertz CT molecular complexity index is 900. The smallest absolute Gasteiger partial charge is 0.287 e. The van der Waals surface area contributed by atoms with Gasteiger partial charge in [0.15, 0.2) is 5.76 Å². The second kappa shape index (κ2) is 8.19. The lowest BCUT2D eigenvalue weighted by molar-refractivity contribution is 0.0926. The van der Waals surface area contributed by atoms with Crippen molar-refractivity contribution in [3.63, 3.8) is 0 Å². The van der Waals surface area contributed by atoms with Crippen LogP contribution in [0.5, 0.6) is 5.75 Å². The number of benzene rings is 1. The van der Waals surface area contributed by atoms with E-state index in [1.165, 1.54) is 0 Å². The molecule has 6 heteroatoms. The van der Waals surface area contributed by atoms with E-state index in [0.717, 1.165) is 48.1 Å². The second-order valence-electron chi connectivity index (χ2n) is 6.19. The number of hydrogen-bond acceptors (Lipinski definition) is 5. The lowest BCUT2D eigenvalue weighted by Crippen LogP contribution is -2.29. The van der Waals surface area contributed by atoms with Gasteiger partial charge in [0.2, 0.25) is 5.71 Å². The molecule has 0 aliphatic rings. The van der Waals surface area contributed by atoms with Crippen LogP contribution in [-0.2, 0) is 0 Å². The highest BCUT2D eigenvalue weighted by Crippen LogP contribution is 2.25. The van der Waals surface area contributed by atoms with Gasteiger partial charge in [-0.15, -0.1) is 0 Å². The van der Waals surface area contributed by atoms with Crippen molar-refractivity contribution in [3.05, 3.63) is 36.1 Å². The third kappa shape index (κ3) is 3.96. The summed E-state index contributed by atoms with van der Waals surface area (Å²) in [6, 6.07) is 9.40. The molecule has 0 unspecified atom stereocenters. The highest BCUT2D eigenvalue weighted by atomic mass is 16.5. The lowest BCUT2D eigenvalue weighted by atomic mass is 10.2. The summed E-state index contributed by atoms with van der Waals surface area (Å²) in [7, 11) is 1.62. The molecule has 2 aromatic heterocycles. The Morgan fingerprint density at radius 2 is 2.00 bits per heavy atom. The van der Waals surface area contributed by atoms with Crippen LogP contribution in [0.25, 0.3) is 22.0 Å². The van der Waals surface area contributed by atoms with Crippen molar-refractivity contribution in [2.45, 2.75) is 20.3 Å². The van der Waals surface area contributed by atoms with Gasteiger partial charge in [0.1, 0.15) is 5.75 Å². The first-order valence-corrected chi connectivity index (χ1v) is 9.03. The third-order valence-electron chi connectivity index (χ3n) is 4.57. The Labute approximate surface area is 153 Å². The van der Waals surface area contributed by atoms with E-state index in [-0.39, 0.29) is 11.7 Å². The number of methoxy groups -OCH3 is 1. The molecule has 0 fully saturated rings. The molecule has 0 aliphatic heterocycles. The molecule has 0 atom stereocenters. The molecule has 3 rings (SSSR count). The van der Waals surface area contributed by atoms with Crippen molar-refractivity contribution in [1.82, 2.24) is 15.2 Å². The highest BCUT2D eigenvalue weighted by molar-refractivity contribution is 5.98. The molecular formula is C20H25N3O3. The Kier molecular flexibility index (Phi) is 5.73. The maximum atomic E-state index is 12.3. The fourth-order valence-corrected chi connectivity index (χ4v) is 2.98. The molecule has 0 bridgehead atoms. The Morgan fingerprint density at radius 1 is 1.19 bits per heavy atom. The summed E-state index contributed by atoms with van der Waals surface area (Å²) < 4.78 is 10.9. The second-order valence-corrected chi connectivity index (χ2v) is 6.19. The van der Waals surface area contributed by atoms with Crippen molar-refractivity contribution in [1.29, 1.82) is 0 Å². The molecule has 0 saturated carbocycles. The summed E-state index contributed by atoms with van der Waals surface area (Å²) in [4.78, 5) is 19.2. The van der Waals surface area contributed by atoms with Gasteiger partial charge in [0.05, 0.1) is 12.6 Å². The molecule has 26 heavy (non-hydrogen) atoms. The number of amides is 1. The number of furan rings is 1. The van der Waals surface area contributed by atoms with Crippen LogP contribution in [0.4, 0.5) is 0 Å². The fourth-order valence-electron chi connectivity index (χ4n) is 2.98. The number of hydrogen-bond donors (Lipinski definition) is 1. The minimum Gasteiger partial charge on any atom is -0.497 e. The van der Waals surface area contributed by atoms with Crippen LogP contribution < -0.4 is 10.1 Å². The van der Waals surface area contributed by atoms with Gasteiger partial charge in [-0.2, -0.15) is 0 Å². The molecule has 0 radical (unpaired) electrons. The first-order chi connectivity index (χ1) is 12.6. The predicted octanol–water partition coefficient (Wildman–Crippen LogP) is 3.45. The Balaban J connectivity index is 1.69. The molecule has 3 aromatic rings. The average Bonchev–Trinajstić information content (AvgIpc) is 3.08. The van der Waals surface area contributed by atoms with E-state index in [1.54, 1.807) is 13.2 Å². The number of rotatable bonds is 8. The van der Waals surface area contributed by atoms with Gasteiger partial charge >= 0.3 is 0 Å². The molecule has 1 aromatic carbocycles. The van der Waals surface area contributed by atoms with Crippen molar-refractivity contribution in [2.24, 2.45) is 0 Å². The van der Waals surface area contributed by atoms with Gasteiger partial charge in [-0.3, -0.25) is 4.79 Å². The number of carbonyl (C=O) groups is 1. The highest BCUT2D eigenvalue weighted by Gasteiger charge is 2.14. The van der Waals surface area contributed by atoms with Gasteiger partial charge in [0, 0.05) is 23.4 Å². The molecule has 1 amide bonds. The van der Waals surface area contributed by atoms with Crippen LogP contribution in [0.3, 0.4) is 0 Å². The summed E-state index contributed by atoms with van der Waals surface area (Å²) in [5.74, 6) is 0.823. The largest absolute Gasteiger partial charge is 0.497 e. The molecule has 1 N–H and O–H groups in total. The summed E-state index contributed by atoms with van der Waals surface area (Å²) in [6.07, 6.45) is 0.912. The van der Waals surface area contributed by atoms with E-state index in [9.17, 15) is 4.79 Å². The van der Waals surface area contributed by atoms with Gasteiger partial charge in [-0.1, -0.05) is 13.8 Å². The quantitative estimate of drug-likeness (QED) is 0.627. The van der Waals surface area contributed by atoms with Gasteiger partial charge in [-0.05, 0) is 50.3 Å². The summed E-state index contributed by atoms with van der Waals surface area (Å²) in [5.41, 5.74) is 1.23. The maximum absolute atomic E-state index is 12.3. The van der Waals surface area contributed by atoms with E-state index in [1.807, 2.05) is 24.3 Å². The van der Waals surface area contributed by atoms with Crippen LogP contribution >= 0.6 is 0 Å². The predicted molar refractivity (Wildman–Crippen MR) is 103 cm³/mol. The van der Waals surface area contributed by atoms with E-state index >= 15 is 0 Å². The van der Waals surface area contributed by atoms with E-state index in [4.69, 9.17) is 9.15 Å². The molecule has 0 spiro atoms. The van der Waals surface area contributed by atoms with E-state index in [0.29, 0.717) is 12.3 Å². The number of nitrogens with one attached hydrogen (secondary N) is 1. The van der Waals surface area contributed by atoms with E-state index < -0.39 is 0 Å². The molecule has 0 aliphatic carbocycles. The van der Waals surface area contributed by atoms with Gasteiger partial charge < -0.3 is 19.4 Å². The van der Waals surface area contributed by atoms with Crippen molar-refractivity contribution < 1.29 is 13.9 Å². The zero-order valence-electron chi connectivity index (χ0n) is 15.5. The van der Waals surface area contributed by atoms with Crippen molar-refractivity contribution in [3.8, 4) is 5.75 Å². The minimum absolute atomic E-state index is 0.204. The number of pyridine rings is 1. The molecule has 2 heterocycles. The Morgan fingerprint density at radius 3 is 2.73 bits per heavy atom. The number of fused-ring (bicyclic) bond motifs is 2. The number of nitrogens with zero attached hydrogens (tertiary/aromatic N) is 2. The van der Waals surface area contributed by atoms with Crippen molar-refractivity contribution in [2.75, 3.05) is 33.3 Å². The van der Waals surface area contributed by atoms with Crippen LogP contribution in [0.2, 0.25) is 0 Å². The normalized spacial score (nSPS) is 11.4. The zero-order chi connectivity index (χ0) is 18.5. The molecule has 0 saturated heterocycles. The first kappa shape index (κ1) is 18.2. The van der Waals surface area contributed by atoms with E-state index in [2.05, 4.69) is 29.0 Å².